The highest BCUT2D eigenvalue weighted by atomic mass is 79.9. The van der Waals surface area contributed by atoms with Gasteiger partial charge in [0.1, 0.15) is 11.8 Å². The zero-order valence-corrected chi connectivity index (χ0v) is 17.6. The van der Waals surface area contributed by atoms with Crippen molar-refractivity contribution in [3.8, 4) is 5.75 Å². The summed E-state index contributed by atoms with van der Waals surface area (Å²) in [6, 6.07) is 13.8. The predicted octanol–water partition coefficient (Wildman–Crippen LogP) is 4.03. The van der Waals surface area contributed by atoms with Crippen molar-refractivity contribution in [1.29, 1.82) is 0 Å². The highest BCUT2D eigenvalue weighted by Gasteiger charge is 2.26. The van der Waals surface area contributed by atoms with Gasteiger partial charge in [-0.25, -0.2) is 0 Å². The third kappa shape index (κ3) is 6.56. The highest BCUT2D eigenvalue weighted by Crippen LogP contribution is 2.17. The molecule has 0 aliphatic carbocycles. The summed E-state index contributed by atoms with van der Waals surface area (Å²) in [4.78, 5) is 26.6. The van der Waals surface area contributed by atoms with E-state index in [-0.39, 0.29) is 25.0 Å². The third-order valence-electron chi connectivity index (χ3n) is 3.96. The fourth-order valence-corrected chi connectivity index (χ4v) is 2.84. The number of likely N-dealkylation sites (N-methyl/N-ethyl adjacent to an activating group) is 1. The first-order chi connectivity index (χ1) is 12.9. The lowest BCUT2D eigenvalue weighted by atomic mass is 10.1. The second kappa shape index (κ2) is 10.3. The summed E-state index contributed by atoms with van der Waals surface area (Å²) in [6.07, 6.45) is 0. The fourth-order valence-electron chi connectivity index (χ4n) is 2.45. The molecular weight excluding hydrogens is 432 g/mol. The quantitative estimate of drug-likeness (QED) is 0.656. The van der Waals surface area contributed by atoms with Crippen LogP contribution in [0.5, 0.6) is 5.75 Å². The van der Waals surface area contributed by atoms with Gasteiger partial charge in [0.15, 0.2) is 6.61 Å². The first kappa shape index (κ1) is 21.3. The molecule has 0 spiro atoms. The number of nitrogens with one attached hydrogen (secondary N) is 1. The number of rotatable bonds is 8. The van der Waals surface area contributed by atoms with Crippen LogP contribution in [0.4, 0.5) is 0 Å². The van der Waals surface area contributed by atoms with E-state index < -0.39 is 6.04 Å². The third-order valence-corrected chi connectivity index (χ3v) is 4.74. The van der Waals surface area contributed by atoms with Gasteiger partial charge in [0.25, 0.3) is 5.91 Å². The molecule has 0 saturated heterocycles. The van der Waals surface area contributed by atoms with Gasteiger partial charge in [-0.2, -0.15) is 0 Å². The maximum absolute atomic E-state index is 12.8. The molecule has 0 fully saturated rings. The molecule has 2 aromatic carbocycles. The summed E-state index contributed by atoms with van der Waals surface area (Å²) in [5.74, 6) is 0.110. The maximum Gasteiger partial charge on any atom is 0.261 e. The van der Waals surface area contributed by atoms with Gasteiger partial charge in [0, 0.05) is 22.6 Å². The average Bonchev–Trinajstić information content (AvgIpc) is 2.66. The summed E-state index contributed by atoms with van der Waals surface area (Å²) in [6.45, 7) is 4.18. The van der Waals surface area contributed by atoms with Crippen molar-refractivity contribution < 1.29 is 14.3 Å². The van der Waals surface area contributed by atoms with E-state index >= 15 is 0 Å². The second-order valence-corrected chi connectivity index (χ2v) is 7.31. The van der Waals surface area contributed by atoms with E-state index in [1.807, 2.05) is 31.2 Å². The van der Waals surface area contributed by atoms with Gasteiger partial charge in [-0.3, -0.25) is 9.59 Å². The van der Waals surface area contributed by atoms with E-state index in [0.29, 0.717) is 17.3 Å². The number of hydrogen-bond acceptors (Lipinski definition) is 3. The highest BCUT2D eigenvalue weighted by molar-refractivity contribution is 9.10. The van der Waals surface area contributed by atoms with Crippen molar-refractivity contribution in [1.82, 2.24) is 10.2 Å². The zero-order chi connectivity index (χ0) is 19.8. The Labute approximate surface area is 172 Å². The number of ether oxygens (including phenoxy) is 1. The normalized spacial score (nSPS) is 11.6. The Bertz CT molecular complexity index is 766. The minimum Gasteiger partial charge on any atom is -0.484 e. The maximum atomic E-state index is 12.8. The molecular formula is C20H22BrClN2O3. The van der Waals surface area contributed by atoms with Gasteiger partial charge < -0.3 is 15.0 Å². The molecule has 0 aromatic heterocycles. The lowest BCUT2D eigenvalue weighted by molar-refractivity contribution is -0.142. The minimum atomic E-state index is -0.623. The molecule has 0 aliphatic rings. The predicted molar refractivity (Wildman–Crippen MR) is 110 cm³/mol. The summed E-state index contributed by atoms with van der Waals surface area (Å²) in [7, 11) is 0. The molecule has 2 aromatic rings. The largest absolute Gasteiger partial charge is 0.484 e. The van der Waals surface area contributed by atoms with Crippen LogP contribution in [0.1, 0.15) is 19.4 Å². The molecule has 144 valence electrons. The van der Waals surface area contributed by atoms with Crippen molar-refractivity contribution >= 4 is 39.3 Å². The Hall–Kier alpha value is -2.05. The smallest absolute Gasteiger partial charge is 0.261 e. The number of halogens is 2. The molecule has 0 bridgehead atoms. The van der Waals surface area contributed by atoms with Crippen LogP contribution in [0.15, 0.2) is 53.0 Å². The van der Waals surface area contributed by atoms with Gasteiger partial charge in [-0.15, -0.1) is 0 Å². The number of benzene rings is 2. The molecule has 2 amide bonds. The number of carbonyl (C=O) groups excluding carboxylic acids is 2. The molecule has 0 aliphatic heterocycles. The van der Waals surface area contributed by atoms with Crippen LogP contribution in [-0.2, 0) is 16.1 Å². The minimum absolute atomic E-state index is 0.154. The van der Waals surface area contributed by atoms with Crippen LogP contribution in [0.25, 0.3) is 0 Å². The van der Waals surface area contributed by atoms with Crippen molar-refractivity contribution in [2.45, 2.75) is 26.4 Å². The van der Waals surface area contributed by atoms with E-state index in [0.717, 1.165) is 10.0 Å². The van der Waals surface area contributed by atoms with Crippen LogP contribution < -0.4 is 10.1 Å². The standard InChI is InChI=1S/C20H22BrClN2O3/c1-3-23-20(26)14(2)24(12-15-4-8-17(22)9-5-15)19(25)13-27-18-10-6-16(21)7-11-18/h4-11,14H,3,12-13H2,1-2H3,(H,23,26)/t14-/m0/s1. The van der Waals surface area contributed by atoms with Crippen LogP contribution in [0, 0.1) is 0 Å². The van der Waals surface area contributed by atoms with Gasteiger partial charge >= 0.3 is 0 Å². The lowest BCUT2D eigenvalue weighted by Gasteiger charge is -2.28. The van der Waals surface area contributed by atoms with E-state index in [4.69, 9.17) is 16.3 Å². The van der Waals surface area contributed by atoms with Crippen LogP contribution >= 0.6 is 27.5 Å². The Balaban J connectivity index is 2.11. The Morgan fingerprint density at radius 1 is 1.15 bits per heavy atom. The van der Waals surface area contributed by atoms with Gasteiger partial charge in [-0.1, -0.05) is 39.7 Å². The van der Waals surface area contributed by atoms with Crippen molar-refractivity contribution in [3.05, 3.63) is 63.6 Å². The van der Waals surface area contributed by atoms with E-state index in [2.05, 4.69) is 21.2 Å². The zero-order valence-electron chi connectivity index (χ0n) is 15.2. The molecule has 7 heteroatoms. The summed E-state index contributed by atoms with van der Waals surface area (Å²) in [5.41, 5.74) is 0.882. The van der Waals surface area contributed by atoms with E-state index in [9.17, 15) is 9.59 Å². The lowest BCUT2D eigenvalue weighted by Crippen LogP contribution is -2.49. The van der Waals surface area contributed by atoms with Gasteiger partial charge in [-0.05, 0) is 55.8 Å². The summed E-state index contributed by atoms with van der Waals surface area (Å²) >= 11 is 9.28. The number of carbonyl (C=O) groups is 2. The summed E-state index contributed by atoms with van der Waals surface area (Å²) in [5, 5.41) is 3.37. The molecule has 27 heavy (non-hydrogen) atoms. The molecule has 5 nitrogen and oxygen atoms in total. The van der Waals surface area contributed by atoms with Gasteiger partial charge in [0.05, 0.1) is 0 Å². The molecule has 1 N–H and O–H groups in total. The Kier molecular flexibility index (Phi) is 8.13. The van der Waals surface area contributed by atoms with Crippen LogP contribution in [0.2, 0.25) is 5.02 Å². The first-order valence-electron chi connectivity index (χ1n) is 8.60. The SMILES string of the molecule is CCNC(=O)[C@H](C)N(Cc1ccc(Cl)cc1)C(=O)COc1ccc(Br)cc1. The Morgan fingerprint density at radius 2 is 1.78 bits per heavy atom. The summed E-state index contributed by atoms with van der Waals surface area (Å²) < 4.78 is 6.51. The fraction of sp³-hybridized carbons (Fsp3) is 0.300. The molecule has 0 heterocycles. The topological polar surface area (TPSA) is 58.6 Å². The Morgan fingerprint density at radius 3 is 2.37 bits per heavy atom. The molecule has 2 rings (SSSR count). The monoisotopic (exact) mass is 452 g/mol. The van der Waals surface area contributed by atoms with Gasteiger partial charge in [0.2, 0.25) is 5.91 Å². The van der Waals surface area contributed by atoms with E-state index in [1.165, 1.54) is 4.90 Å². The van der Waals surface area contributed by atoms with E-state index in [1.54, 1.807) is 31.2 Å². The van der Waals surface area contributed by atoms with Crippen molar-refractivity contribution in [2.75, 3.05) is 13.2 Å². The van der Waals surface area contributed by atoms with Crippen LogP contribution in [-0.4, -0.2) is 35.9 Å². The molecule has 0 unspecified atom stereocenters. The van der Waals surface area contributed by atoms with Crippen molar-refractivity contribution in [2.24, 2.45) is 0 Å². The second-order valence-electron chi connectivity index (χ2n) is 5.96. The number of nitrogens with zero attached hydrogens (tertiary/aromatic N) is 1. The molecule has 0 saturated carbocycles. The molecule has 1 atom stereocenters. The first-order valence-corrected chi connectivity index (χ1v) is 9.77. The van der Waals surface area contributed by atoms with Crippen molar-refractivity contribution in [3.63, 3.8) is 0 Å². The molecule has 0 radical (unpaired) electrons. The van der Waals surface area contributed by atoms with Crippen LogP contribution in [0.3, 0.4) is 0 Å². The average molecular weight is 454 g/mol. The number of amides is 2. The number of hydrogen-bond donors (Lipinski definition) is 1.